The molecule has 0 bridgehead atoms. The van der Waals surface area contributed by atoms with Crippen LogP contribution in [0.25, 0.3) is 17.0 Å². The number of benzene rings is 1. The van der Waals surface area contributed by atoms with Crippen LogP contribution in [0.1, 0.15) is 10.6 Å². The Kier molecular flexibility index (Phi) is 6.96. The lowest BCUT2D eigenvalue weighted by Gasteiger charge is -2.34. The summed E-state index contributed by atoms with van der Waals surface area (Å²) in [5.74, 6) is -0.735. The topological polar surface area (TPSA) is 62.7 Å². The van der Waals surface area contributed by atoms with Gasteiger partial charge in [0.05, 0.1) is 15.5 Å². The first-order valence-corrected chi connectivity index (χ1v) is 11.2. The quantitative estimate of drug-likeness (QED) is 0.417. The molecule has 8 heteroatoms. The number of thiophene rings is 1. The largest absolute Gasteiger partial charge is 0.452 e. The second-order valence-corrected chi connectivity index (χ2v) is 9.03. The van der Waals surface area contributed by atoms with E-state index in [0.29, 0.717) is 18.8 Å². The van der Waals surface area contributed by atoms with Gasteiger partial charge in [0, 0.05) is 49.1 Å². The van der Waals surface area contributed by atoms with Crippen molar-refractivity contribution in [3.8, 4) is 0 Å². The van der Waals surface area contributed by atoms with E-state index in [-0.39, 0.29) is 12.5 Å². The minimum Gasteiger partial charge on any atom is -0.452 e. The van der Waals surface area contributed by atoms with Crippen LogP contribution in [0.15, 0.2) is 54.6 Å². The van der Waals surface area contributed by atoms with Gasteiger partial charge in [-0.25, -0.2) is 9.78 Å². The first kappa shape index (κ1) is 21.5. The van der Waals surface area contributed by atoms with Crippen LogP contribution in [0.5, 0.6) is 0 Å². The molecule has 4 rings (SSSR count). The molecule has 0 radical (unpaired) electrons. The van der Waals surface area contributed by atoms with E-state index in [1.165, 1.54) is 11.0 Å². The molecule has 0 atom stereocenters. The molecular formula is C23H22ClN3O3S. The zero-order valence-electron chi connectivity index (χ0n) is 16.9. The molecule has 1 amide bonds. The summed E-state index contributed by atoms with van der Waals surface area (Å²) >= 11 is 7.56. The second kappa shape index (κ2) is 10.0. The standard InChI is InChI=1S/C23H22ClN3O3S/c24-21-9-8-19(31-21)15-26-11-13-27(14-12-26)22(28)16-30-23(29)10-7-18-6-5-17-3-1-2-4-20(17)25-18/h1-10H,11-16H2/b10-7+. The Morgan fingerprint density at radius 2 is 1.87 bits per heavy atom. The number of rotatable bonds is 6. The van der Waals surface area contributed by atoms with Gasteiger partial charge in [0.25, 0.3) is 5.91 Å². The summed E-state index contributed by atoms with van der Waals surface area (Å²) in [5.41, 5.74) is 1.51. The molecule has 3 heterocycles. The number of hydrogen-bond acceptors (Lipinski definition) is 6. The molecule has 6 nitrogen and oxygen atoms in total. The van der Waals surface area contributed by atoms with Crippen molar-refractivity contribution in [1.82, 2.24) is 14.8 Å². The summed E-state index contributed by atoms with van der Waals surface area (Å²) in [6.45, 7) is 3.38. The van der Waals surface area contributed by atoms with Crippen molar-refractivity contribution in [2.24, 2.45) is 0 Å². The molecule has 3 aromatic rings. The van der Waals surface area contributed by atoms with Crippen molar-refractivity contribution in [2.45, 2.75) is 6.54 Å². The lowest BCUT2D eigenvalue weighted by molar-refractivity contribution is -0.149. The van der Waals surface area contributed by atoms with Gasteiger partial charge in [0.1, 0.15) is 0 Å². The smallest absolute Gasteiger partial charge is 0.331 e. The molecule has 0 N–H and O–H groups in total. The van der Waals surface area contributed by atoms with Crippen LogP contribution in [0.3, 0.4) is 0 Å². The predicted octanol–water partition coefficient (Wildman–Crippen LogP) is 3.85. The summed E-state index contributed by atoms with van der Waals surface area (Å²) in [6, 6.07) is 15.5. The summed E-state index contributed by atoms with van der Waals surface area (Å²) in [4.78, 5) is 34.1. The Hall–Kier alpha value is -2.74. The van der Waals surface area contributed by atoms with Crippen LogP contribution in [-0.4, -0.2) is 59.4 Å². The van der Waals surface area contributed by atoms with E-state index >= 15 is 0 Å². The van der Waals surface area contributed by atoms with Crippen LogP contribution in [0.2, 0.25) is 4.34 Å². The third-order valence-corrected chi connectivity index (χ3v) is 6.30. The number of pyridine rings is 1. The van der Waals surface area contributed by atoms with Crippen LogP contribution in [-0.2, 0) is 20.9 Å². The zero-order valence-corrected chi connectivity index (χ0v) is 18.4. The van der Waals surface area contributed by atoms with E-state index in [9.17, 15) is 9.59 Å². The molecule has 1 fully saturated rings. The highest BCUT2D eigenvalue weighted by molar-refractivity contribution is 7.16. The lowest BCUT2D eigenvalue weighted by atomic mass is 10.2. The van der Waals surface area contributed by atoms with E-state index in [0.717, 1.165) is 34.9 Å². The predicted molar refractivity (Wildman–Crippen MR) is 123 cm³/mol. The number of esters is 1. The minimum absolute atomic E-state index is 0.176. The maximum absolute atomic E-state index is 12.4. The number of halogens is 1. The van der Waals surface area contributed by atoms with Gasteiger partial charge in [-0.1, -0.05) is 35.9 Å². The van der Waals surface area contributed by atoms with Crippen molar-refractivity contribution in [2.75, 3.05) is 32.8 Å². The molecule has 1 aliphatic rings. The molecule has 1 saturated heterocycles. The third-order valence-electron chi connectivity index (χ3n) is 5.08. The van der Waals surface area contributed by atoms with Crippen LogP contribution >= 0.6 is 22.9 Å². The number of aromatic nitrogens is 1. The molecule has 0 saturated carbocycles. The fourth-order valence-electron chi connectivity index (χ4n) is 3.41. The van der Waals surface area contributed by atoms with Crippen molar-refractivity contribution in [3.63, 3.8) is 0 Å². The van der Waals surface area contributed by atoms with Crippen molar-refractivity contribution < 1.29 is 14.3 Å². The number of hydrogen-bond donors (Lipinski definition) is 0. The van der Waals surface area contributed by atoms with Crippen molar-refractivity contribution in [3.05, 3.63) is 69.5 Å². The fourth-order valence-corrected chi connectivity index (χ4v) is 4.54. The second-order valence-electron chi connectivity index (χ2n) is 7.23. The Morgan fingerprint density at radius 1 is 1.06 bits per heavy atom. The Balaban J connectivity index is 1.21. The number of nitrogens with zero attached hydrogens (tertiary/aromatic N) is 3. The van der Waals surface area contributed by atoms with Gasteiger partial charge in [0.15, 0.2) is 6.61 Å². The highest BCUT2D eigenvalue weighted by Gasteiger charge is 2.22. The Morgan fingerprint density at radius 3 is 2.65 bits per heavy atom. The maximum Gasteiger partial charge on any atom is 0.331 e. The SMILES string of the molecule is O=C(/C=C/c1ccc2ccccc2n1)OCC(=O)N1CCN(Cc2ccc(Cl)s2)CC1. The number of ether oxygens (including phenoxy) is 1. The number of fused-ring (bicyclic) bond motifs is 1. The fraction of sp³-hybridized carbons (Fsp3) is 0.261. The summed E-state index contributed by atoms with van der Waals surface area (Å²) in [7, 11) is 0. The molecule has 31 heavy (non-hydrogen) atoms. The Labute approximate surface area is 189 Å². The van der Waals surface area contributed by atoms with E-state index in [4.69, 9.17) is 16.3 Å². The summed E-state index contributed by atoms with van der Waals surface area (Å²) in [6.07, 6.45) is 2.89. The molecule has 0 unspecified atom stereocenters. The average Bonchev–Trinajstić information content (AvgIpc) is 3.20. The highest BCUT2D eigenvalue weighted by Crippen LogP contribution is 2.23. The Bertz CT molecular complexity index is 1110. The van der Waals surface area contributed by atoms with Crippen LogP contribution in [0, 0.1) is 0 Å². The average molecular weight is 456 g/mol. The maximum atomic E-state index is 12.4. The first-order valence-electron chi connectivity index (χ1n) is 10.0. The molecule has 2 aromatic heterocycles. The van der Waals surface area contributed by atoms with Gasteiger partial charge < -0.3 is 9.64 Å². The number of para-hydroxylation sites is 1. The van der Waals surface area contributed by atoms with Crippen LogP contribution in [0.4, 0.5) is 0 Å². The monoisotopic (exact) mass is 455 g/mol. The number of carbonyl (C=O) groups is 2. The number of carbonyl (C=O) groups excluding carboxylic acids is 2. The van der Waals surface area contributed by atoms with Gasteiger partial charge in [0.2, 0.25) is 0 Å². The van der Waals surface area contributed by atoms with Crippen molar-refractivity contribution >= 4 is 51.8 Å². The van der Waals surface area contributed by atoms with Gasteiger partial charge in [-0.2, -0.15) is 0 Å². The van der Waals surface area contributed by atoms with E-state index in [1.807, 2.05) is 48.5 Å². The third kappa shape index (κ3) is 5.91. The normalized spacial score (nSPS) is 14.9. The molecule has 1 aliphatic heterocycles. The number of amides is 1. The number of piperazine rings is 1. The van der Waals surface area contributed by atoms with Gasteiger partial charge >= 0.3 is 5.97 Å². The first-order chi connectivity index (χ1) is 15.1. The van der Waals surface area contributed by atoms with Gasteiger partial charge in [-0.15, -0.1) is 11.3 Å². The zero-order chi connectivity index (χ0) is 21.6. The molecule has 160 valence electrons. The minimum atomic E-state index is -0.559. The van der Waals surface area contributed by atoms with Crippen molar-refractivity contribution in [1.29, 1.82) is 0 Å². The highest BCUT2D eigenvalue weighted by atomic mass is 35.5. The summed E-state index contributed by atoms with van der Waals surface area (Å²) in [5, 5.41) is 1.03. The van der Waals surface area contributed by atoms with E-state index in [2.05, 4.69) is 9.88 Å². The molecule has 0 aliphatic carbocycles. The van der Waals surface area contributed by atoms with Crippen LogP contribution < -0.4 is 0 Å². The molecule has 1 aromatic carbocycles. The molecule has 0 spiro atoms. The molecular weight excluding hydrogens is 434 g/mol. The lowest BCUT2D eigenvalue weighted by Crippen LogP contribution is -2.49. The summed E-state index contributed by atoms with van der Waals surface area (Å²) < 4.78 is 5.91. The van der Waals surface area contributed by atoms with E-state index in [1.54, 1.807) is 22.3 Å². The van der Waals surface area contributed by atoms with Gasteiger partial charge in [-0.05, 0) is 30.3 Å². The van der Waals surface area contributed by atoms with E-state index < -0.39 is 5.97 Å². The van der Waals surface area contributed by atoms with Gasteiger partial charge in [-0.3, -0.25) is 9.69 Å².